The maximum atomic E-state index is 9.96. The minimum atomic E-state index is -0.385. The number of hydrogen-bond donors (Lipinski definition) is 2. The second-order valence-corrected chi connectivity index (χ2v) is 6.70. The summed E-state index contributed by atoms with van der Waals surface area (Å²) in [6.45, 7) is 9.89. The fraction of sp³-hybridized carbons (Fsp3) is 1.00. The highest BCUT2D eigenvalue weighted by Crippen LogP contribution is 2.23. The summed E-state index contributed by atoms with van der Waals surface area (Å²) in [6, 6.07) is 0.580. The maximum absolute atomic E-state index is 9.96. The first-order valence-electron chi connectivity index (χ1n) is 8.02. The van der Waals surface area contributed by atoms with E-state index in [1.54, 1.807) is 0 Å². The smallest absolute Gasteiger partial charge is 0.0897 e. The van der Waals surface area contributed by atoms with E-state index in [4.69, 9.17) is 4.74 Å². The quantitative estimate of drug-likeness (QED) is 0.713. The highest BCUT2D eigenvalue weighted by molar-refractivity contribution is 4.79. The second-order valence-electron chi connectivity index (χ2n) is 6.70. The molecular formula is C16H33NO2. The fourth-order valence-corrected chi connectivity index (χ4v) is 2.97. The lowest BCUT2D eigenvalue weighted by Crippen LogP contribution is -2.42. The van der Waals surface area contributed by atoms with Gasteiger partial charge in [0.25, 0.3) is 0 Å². The third-order valence-corrected chi connectivity index (χ3v) is 4.10. The van der Waals surface area contributed by atoms with Crippen LogP contribution in [0.15, 0.2) is 0 Å². The van der Waals surface area contributed by atoms with Crippen molar-refractivity contribution in [2.24, 2.45) is 11.8 Å². The normalized spacial score (nSPS) is 27.5. The molecule has 0 aromatic heterocycles. The molecule has 1 fully saturated rings. The van der Waals surface area contributed by atoms with Gasteiger partial charge in [-0.1, -0.05) is 33.6 Å². The summed E-state index contributed by atoms with van der Waals surface area (Å²) < 4.78 is 5.69. The van der Waals surface area contributed by atoms with Gasteiger partial charge in [-0.05, 0) is 38.0 Å². The summed E-state index contributed by atoms with van der Waals surface area (Å²) in [6.07, 6.45) is 6.15. The molecule has 0 radical (unpaired) electrons. The third-order valence-electron chi connectivity index (χ3n) is 4.10. The molecule has 0 spiro atoms. The Labute approximate surface area is 119 Å². The van der Waals surface area contributed by atoms with Gasteiger partial charge in [-0.15, -0.1) is 0 Å². The molecule has 3 heteroatoms. The molecule has 0 aromatic rings. The van der Waals surface area contributed by atoms with E-state index in [1.807, 2.05) is 0 Å². The summed E-state index contributed by atoms with van der Waals surface area (Å²) in [5.41, 5.74) is 0. The molecule has 0 heterocycles. The molecule has 1 aliphatic carbocycles. The van der Waals surface area contributed by atoms with Crippen LogP contribution >= 0.6 is 0 Å². The van der Waals surface area contributed by atoms with E-state index in [9.17, 15) is 5.11 Å². The molecule has 1 aliphatic rings. The lowest BCUT2D eigenvalue weighted by atomic mass is 9.86. The van der Waals surface area contributed by atoms with Crippen molar-refractivity contribution in [3.63, 3.8) is 0 Å². The first-order valence-corrected chi connectivity index (χ1v) is 8.02. The molecule has 0 aliphatic heterocycles. The Morgan fingerprint density at radius 2 is 1.89 bits per heavy atom. The van der Waals surface area contributed by atoms with Crippen molar-refractivity contribution >= 4 is 0 Å². The molecule has 3 nitrogen and oxygen atoms in total. The number of aliphatic hydroxyl groups excluding tert-OH is 1. The van der Waals surface area contributed by atoms with Crippen molar-refractivity contribution in [1.82, 2.24) is 5.32 Å². The molecule has 2 N–H and O–H groups in total. The van der Waals surface area contributed by atoms with Crippen LogP contribution in [0.2, 0.25) is 0 Å². The van der Waals surface area contributed by atoms with Gasteiger partial charge in [-0.25, -0.2) is 0 Å². The second kappa shape index (κ2) is 8.93. The molecule has 1 saturated carbocycles. The minimum Gasteiger partial charge on any atom is -0.389 e. The van der Waals surface area contributed by atoms with Crippen LogP contribution in [-0.2, 0) is 4.74 Å². The molecule has 4 unspecified atom stereocenters. The Morgan fingerprint density at radius 3 is 2.53 bits per heavy atom. The van der Waals surface area contributed by atoms with Crippen LogP contribution in [-0.4, -0.2) is 36.5 Å². The molecule has 0 saturated heterocycles. The van der Waals surface area contributed by atoms with Crippen molar-refractivity contribution in [2.75, 3.05) is 13.2 Å². The molecule has 0 amide bonds. The molecule has 114 valence electrons. The summed E-state index contributed by atoms with van der Waals surface area (Å²) in [5.74, 6) is 1.38. The minimum absolute atomic E-state index is 0.239. The molecule has 1 rings (SSSR count). The van der Waals surface area contributed by atoms with Crippen LogP contribution in [0.25, 0.3) is 0 Å². The van der Waals surface area contributed by atoms with Gasteiger partial charge in [0.15, 0.2) is 0 Å². The van der Waals surface area contributed by atoms with Gasteiger partial charge in [-0.3, -0.25) is 0 Å². The zero-order valence-electron chi connectivity index (χ0n) is 13.2. The van der Waals surface area contributed by atoms with Crippen molar-refractivity contribution in [2.45, 2.75) is 78.0 Å². The zero-order chi connectivity index (χ0) is 14.3. The Bertz CT molecular complexity index is 233. The highest BCUT2D eigenvalue weighted by atomic mass is 16.5. The number of aliphatic hydroxyl groups is 1. The van der Waals surface area contributed by atoms with Gasteiger partial charge in [0.2, 0.25) is 0 Å². The maximum Gasteiger partial charge on any atom is 0.0897 e. The Balaban J connectivity index is 2.11. The summed E-state index contributed by atoms with van der Waals surface area (Å²) in [5, 5.41) is 13.5. The van der Waals surface area contributed by atoms with Crippen molar-refractivity contribution in [3.05, 3.63) is 0 Å². The highest BCUT2D eigenvalue weighted by Gasteiger charge is 2.21. The van der Waals surface area contributed by atoms with Crippen LogP contribution in [0, 0.1) is 11.8 Å². The van der Waals surface area contributed by atoms with Crippen molar-refractivity contribution < 1.29 is 9.84 Å². The van der Waals surface area contributed by atoms with E-state index in [2.05, 4.69) is 33.0 Å². The standard InChI is InChI=1S/C16H33NO2/c1-12(2)9-14(4)19-11-15(18)10-17-16-8-6-5-7-13(16)3/h12-18H,5-11H2,1-4H3. The molecule has 19 heavy (non-hydrogen) atoms. The average molecular weight is 271 g/mol. The van der Waals surface area contributed by atoms with Gasteiger partial charge in [-0.2, -0.15) is 0 Å². The van der Waals surface area contributed by atoms with E-state index in [0.29, 0.717) is 25.1 Å². The molecule has 0 bridgehead atoms. The Hall–Kier alpha value is -0.120. The number of hydrogen-bond acceptors (Lipinski definition) is 3. The van der Waals surface area contributed by atoms with Crippen LogP contribution < -0.4 is 5.32 Å². The lowest BCUT2D eigenvalue weighted by molar-refractivity contribution is -0.0102. The van der Waals surface area contributed by atoms with E-state index in [-0.39, 0.29) is 12.2 Å². The monoisotopic (exact) mass is 271 g/mol. The number of ether oxygens (including phenoxy) is 1. The topological polar surface area (TPSA) is 41.5 Å². The van der Waals surface area contributed by atoms with E-state index in [0.717, 1.165) is 12.3 Å². The first kappa shape index (κ1) is 16.9. The predicted octanol–water partition coefficient (Wildman–Crippen LogP) is 2.97. The van der Waals surface area contributed by atoms with Crippen LogP contribution in [0.5, 0.6) is 0 Å². The molecule has 4 atom stereocenters. The largest absolute Gasteiger partial charge is 0.389 e. The van der Waals surface area contributed by atoms with Gasteiger partial charge in [0.05, 0.1) is 18.8 Å². The van der Waals surface area contributed by atoms with Crippen LogP contribution in [0.1, 0.15) is 59.8 Å². The summed E-state index contributed by atoms with van der Waals surface area (Å²) in [4.78, 5) is 0. The van der Waals surface area contributed by atoms with Crippen LogP contribution in [0.4, 0.5) is 0 Å². The van der Waals surface area contributed by atoms with E-state index in [1.165, 1.54) is 25.7 Å². The predicted molar refractivity (Wildman–Crippen MR) is 80.3 cm³/mol. The first-order chi connectivity index (χ1) is 8.99. The third kappa shape index (κ3) is 7.28. The SMILES string of the molecule is CC(C)CC(C)OCC(O)CNC1CCCCC1C. The Kier molecular flexibility index (Phi) is 7.96. The average Bonchev–Trinajstić information content (AvgIpc) is 2.34. The summed E-state index contributed by atoms with van der Waals surface area (Å²) >= 11 is 0. The Morgan fingerprint density at radius 1 is 1.21 bits per heavy atom. The van der Waals surface area contributed by atoms with Crippen molar-refractivity contribution in [1.29, 1.82) is 0 Å². The van der Waals surface area contributed by atoms with Gasteiger partial charge >= 0.3 is 0 Å². The van der Waals surface area contributed by atoms with Gasteiger partial charge in [0.1, 0.15) is 0 Å². The summed E-state index contributed by atoms with van der Waals surface area (Å²) in [7, 11) is 0. The van der Waals surface area contributed by atoms with Crippen LogP contribution in [0.3, 0.4) is 0 Å². The zero-order valence-corrected chi connectivity index (χ0v) is 13.2. The number of rotatable bonds is 8. The van der Waals surface area contributed by atoms with Gasteiger partial charge < -0.3 is 15.2 Å². The lowest BCUT2D eigenvalue weighted by Gasteiger charge is -2.30. The number of nitrogens with one attached hydrogen (secondary N) is 1. The molecular weight excluding hydrogens is 238 g/mol. The van der Waals surface area contributed by atoms with Gasteiger partial charge in [0, 0.05) is 12.6 Å². The van der Waals surface area contributed by atoms with Crippen molar-refractivity contribution in [3.8, 4) is 0 Å². The van der Waals surface area contributed by atoms with E-state index < -0.39 is 0 Å². The van der Waals surface area contributed by atoms with E-state index >= 15 is 0 Å². The fourth-order valence-electron chi connectivity index (χ4n) is 2.97. The molecule has 0 aromatic carbocycles.